The van der Waals surface area contributed by atoms with E-state index in [0.717, 1.165) is 60.3 Å². The highest BCUT2D eigenvalue weighted by molar-refractivity contribution is 5.98. The predicted octanol–water partition coefficient (Wildman–Crippen LogP) is 4.95. The molecule has 2 aliphatic rings. The summed E-state index contributed by atoms with van der Waals surface area (Å²) in [6.45, 7) is 11.5. The third-order valence-corrected chi connectivity index (χ3v) is 7.63. The number of aryl methyl sites for hydroxylation is 1. The lowest BCUT2D eigenvalue weighted by atomic mass is 9.89. The van der Waals surface area contributed by atoms with E-state index in [9.17, 15) is 4.79 Å². The second-order valence-corrected chi connectivity index (χ2v) is 10.4. The van der Waals surface area contributed by atoms with Crippen LogP contribution >= 0.6 is 0 Å². The molecule has 9 heteroatoms. The lowest BCUT2D eigenvalue weighted by Gasteiger charge is -2.33. The summed E-state index contributed by atoms with van der Waals surface area (Å²) in [6, 6.07) is 9.77. The molecule has 0 aliphatic carbocycles. The van der Waals surface area contributed by atoms with Gasteiger partial charge in [0.25, 0.3) is 0 Å². The number of benzene rings is 1. The zero-order valence-electron chi connectivity index (χ0n) is 21.2. The van der Waals surface area contributed by atoms with E-state index in [4.69, 9.17) is 4.74 Å². The van der Waals surface area contributed by atoms with Gasteiger partial charge in [-0.05, 0) is 50.6 Å². The van der Waals surface area contributed by atoms with Crippen LogP contribution in [0.4, 0.5) is 10.6 Å². The van der Waals surface area contributed by atoms with Crippen molar-refractivity contribution in [3.05, 3.63) is 59.8 Å². The fourth-order valence-electron chi connectivity index (χ4n) is 5.40. The molecule has 0 radical (unpaired) electrons. The number of carbonyl (C=O) groups is 1. The van der Waals surface area contributed by atoms with Crippen LogP contribution in [-0.2, 0) is 24.9 Å². The SMILES string of the molecule is CCN1Cc2ncnc(Oc3ccc4c(ccn4C(=O)Nc4cc5n(n4)CCC5(C)C)c3)c2C[C@@H]1C. The molecule has 0 fully saturated rings. The van der Waals surface area contributed by atoms with Crippen molar-refractivity contribution in [1.29, 1.82) is 0 Å². The van der Waals surface area contributed by atoms with Crippen molar-refractivity contribution in [2.24, 2.45) is 0 Å². The molecule has 186 valence electrons. The van der Waals surface area contributed by atoms with Gasteiger partial charge in [0.2, 0.25) is 5.88 Å². The molecule has 9 nitrogen and oxygen atoms in total. The minimum Gasteiger partial charge on any atom is -0.439 e. The first-order valence-corrected chi connectivity index (χ1v) is 12.6. The average Bonchev–Trinajstić information content (AvgIpc) is 3.53. The number of rotatable bonds is 4. The summed E-state index contributed by atoms with van der Waals surface area (Å²) in [4.78, 5) is 24.4. The Bertz CT molecular complexity index is 1470. The minimum atomic E-state index is -0.243. The molecule has 1 N–H and O–H groups in total. The van der Waals surface area contributed by atoms with Gasteiger partial charge in [0, 0.05) is 53.5 Å². The maximum atomic E-state index is 13.0. The Labute approximate surface area is 210 Å². The second kappa shape index (κ2) is 8.44. The Hall–Kier alpha value is -3.72. The van der Waals surface area contributed by atoms with Gasteiger partial charge in [-0.1, -0.05) is 20.8 Å². The van der Waals surface area contributed by atoms with Crippen LogP contribution in [0.1, 0.15) is 51.1 Å². The molecule has 1 atom stereocenters. The number of hydrogen-bond donors (Lipinski definition) is 1. The fraction of sp³-hybridized carbons (Fsp3) is 0.407. The van der Waals surface area contributed by atoms with E-state index in [1.165, 1.54) is 0 Å². The number of likely N-dealkylation sites (N-methyl/N-ethyl adjacent to an activating group) is 1. The largest absolute Gasteiger partial charge is 0.439 e. The molecule has 5 heterocycles. The molecular formula is C27H31N7O2. The molecular weight excluding hydrogens is 454 g/mol. The number of fused-ring (bicyclic) bond motifs is 3. The molecule has 1 amide bonds. The minimum absolute atomic E-state index is 0.0723. The van der Waals surface area contributed by atoms with Crippen LogP contribution < -0.4 is 10.1 Å². The molecule has 6 rings (SSSR count). The van der Waals surface area contributed by atoms with Crippen molar-refractivity contribution in [1.82, 2.24) is 29.2 Å². The van der Waals surface area contributed by atoms with E-state index >= 15 is 0 Å². The van der Waals surface area contributed by atoms with Crippen molar-refractivity contribution in [3.63, 3.8) is 0 Å². The van der Waals surface area contributed by atoms with Crippen LogP contribution in [0.25, 0.3) is 10.9 Å². The van der Waals surface area contributed by atoms with Crippen molar-refractivity contribution in [2.45, 2.75) is 65.1 Å². The molecule has 4 aromatic rings. The van der Waals surface area contributed by atoms with E-state index in [0.29, 0.717) is 23.5 Å². The Kier molecular flexibility index (Phi) is 5.33. The smallest absolute Gasteiger partial charge is 0.331 e. The van der Waals surface area contributed by atoms with Gasteiger partial charge in [0.1, 0.15) is 12.1 Å². The number of aromatic nitrogens is 5. The predicted molar refractivity (Wildman–Crippen MR) is 138 cm³/mol. The number of hydrogen-bond acceptors (Lipinski definition) is 6. The van der Waals surface area contributed by atoms with E-state index in [1.807, 2.05) is 35.0 Å². The average molecular weight is 486 g/mol. The normalized spacial score (nSPS) is 18.7. The summed E-state index contributed by atoms with van der Waals surface area (Å²) in [7, 11) is 0. The number of ether oxygens (including phenoxy) is 1. The highest BCUT2D eigenvalue weighted by atomic mass is 16.5. The number of carbonyl (C=O) groups excluding carboxylic acids is 1. The van der Waals surface area contributed by atoms with Crippen molar-refractivity contribution < 1.29 is 9.53 Å². The van der Waals surface area contributed by atoms with Crippen LogP contribution in [0.5, 0.6) is 11.6 Å². The third kappa shape index (κ3) is 3.83. The van der Waals surface area contributed by atoms with Crippen molar-refractivity contribution >= 4 is 22.8 Å². The third-order valence-electron chi connectivity index (χ3n) is 7.63. The van der Waals surface area contributed by atoms with Gasteiger partial charge in [-0.3, -0.25) is 19.5 Å². The van der Waals surface area contributed by atoms with Gasteiger partial charge in [-0.25, -0.2) is 14.8 Å². The first-order valence-electron chi connectivity index (χ1n) is 12.6. The Morgan fingerprint density at radius 1 is 1.22 bits per heavy atom. The molecule has 36 heavy (non-hydrogen) atoms. The molecule has 1 aromatic carbocycles. The topological polar surface area (TPSA) is 90.1 Å². The highest BCUT2D eigenvalue weighted by Crippen LogP contribution is 2.35. The molecule has 0 unspecified atom stereocenters. The molecule has 3 aromatic heterocycles. The highest BCUT2D eigenvalue weighted by Gasteiger charge is 2.32. The molecule has 2 aliphatic heterocycles. The summed E-state index contributed by atoms with van der Waals surface area (Å²) in [5.41, 5.74) is 4.12. The standard InChI is InChI=1S/C27H31N7O2/c1-5-32-15-21-20(12-17(32)2)25(29-16-28-21)36-19-6-7-22-18(13-19)8-10-33(22)26(35)30-24-14-23-27(3,4)9-11-34(23)31-24/h6-8,10,13-14,16-17H,5,9,11-12,15H2,1-4H3,(H,30,31,35)/t17-/m0/s1. The van der Waals surface area contributed by atoms with Crippen LogP contribution in [0.3, 0.4) is 0 Å². The summed E-state index contributed by atoms with van der Waals surface area (Å²) in [6.07, 6.45) is 5.26. The first kappa shape index (κ1) is 22.7. The number of amides is 1. The summed E-state index contributed by atoms with van der Waals surface area (Å²) in [5, 5.41) is 8.42. The molecule has 0 spiro atoms. The van der Waals surface area contributed by atoms with Gasteiger partial charge in [-0.2, -0.15) is 5.10 Å². The quantitative estimate of drug-likeness (QED) is 0.440. The first-order chi connectivity index (χ1) is 17.3. The van der Waals surface area contributed by atoms with Gasteiger partial charge < -0.3 is 4.74 Å². The zero-order chi connectivity index (χ0) is 25.0. The van der Waals surface area contributed by atoms with Gasteiger partial charge in [0.15, 0.2) is 5.82 Å². The van der Waals surface area contributed by atoms with Crippen LogP contribution in [0.15, 0.2) is 42.9 Å². The van der Waals surface area contributed by atoms with E-state index < -0.39 is 0 Å². The fourth-order valence-corrected chi connectivity index (χ4v) is 5.40. The Morgan fingerprint density at radius 2 is 2.08 bits per heavy atom. The monoisotopic (exact) mass is 485 g/mol. The van der Waals surface area contributed by atoms with E-state index in [1.54, 1.807) is 17.1 Å². The van der Waals surface area contributed by atoms with Crippen molar-refractivity contribution in [3.8, 4) is 11.6 Å². The number of nitrogens with zero attached hydrogens (tertiary/aromatic N) is 6. The summed E-state index contributed by atoms with van der Waals surface area (Å²) in [5.74, 6) is 1.86. The lowest BCUT2D eigenvalue weighted by Crippen LogP contribution is -2.38. The summed E-state index contributed by atoms with van der Waals surface area (Å²) >= 11 is 0. The van der Waals surface area contributed by atoms with E-state index in [2.05, 4.69) is 53.0 Å². The van der Waals surface area contributed by atoms with Crippen LogP contribution in [-0.4, -0.2) is 47.8 Å². The molecule has 0 saturated heterocycles. The van der Waals surface area contributed by atoms with E-state index in [-0.39, 0.29) is 11.4 Å². The maximum absolute atomic E-state index is 13.0. The zero-order valence-corrected chi connectivity index (χ0v) is 21.2. The molecule has 0 saturated carbocycles. The number of anilines is 1. The number of nitrogens with one attached hydrogen (secondary N) is 1. The van der Waals surface area contributed by atoms with Crippen LogP contribution in [0, 0.1) is 0 Å². The van der Waals surface area contributed by atoms with Crippen LogP contribution in [0.2, 0.25) is 0 Å². The van der Waals surface area contributed by atoms with Crippen molar-refractivity contribution in [2.75, 3.05) is 11.9 Å². The second-order valence-electron chi connectivity index (χ2n) is 10.4. The maximum Gasteiger partial charge on any atom is 0.331 e. The van der Waals surface area contributed by atoms with Gasteiger partial charge in [0.05, 0.1) is 11.2 Å². The lowest BCUT2D eigenvalue weighted by molar-refractivity contribution is 0.189. The van der Waals surface area contributed by atoms with Gasteiger partial charge in [-0.15, -0.1) is 0 Å². The Morgan fingerprint density at radius 3 is 2.89 bits per heavy atom. The van der Waals surface area contributed by atoms with Gasteiger partial charge >= 0.3 is 6.03 Å². The Balaban J connectivity index is 1.22. The summed E-state index contributed by atoms with van der Waals surface area (Å²) < 4.78 is 9.81. The molecule has 0 bridgehead atoms.